The molecule has 0 saturated carbocycles. The number of halogens is 1. The number of hydrogen-bond acceptors (Lipinski definition) is 1. The summed E-state index contributed by atoms with van der Waals surface area (Å²) in [4.78, 5) is 0. The van der Waals surface area contributed by atoms with E-state index in [9.17, 15) is 5.26 Å². The number of benzene rings is 9. The molecular formula is C79H80ClN5. The topological polar surface area (TPSA) is 43.5 Å². The lowest BCUT2D eigenvalue weighted by Gasteiger charge is -2.27. The van der Waals surface area contributed by atoms with Crippen LogP contribution in [0.15, 0.2) is 146 Å². The summed E-state index contributed by atoms with van der Waals surface area (Å²) in [6.45, 7) is 36.4. The summed E-state index contributed by atoms with van der Waals surface area (Å²) >= 11 is 9.09. The van der Waals surface area contributed by atoms with Crippen molar-refractivity contribution in [2.75, 3.05) is 0 Å². The van der Waals surface area contributed by atoms with Gasteiger partial charge in [0.25, 0.3) is 0 Å². The van der Waals surface area contributed by atoms with E-state index in [1.807, 2.05) is 0 Å². The molecule has 85 heavy (non-hydrogen) atoms. The highest BCUT2D eigenvalue weighted by Gasteiger charge is 2.35. The Morgan fingerprint density at radius 2 is 0.412 bits per heavy atom. The minimum Gasteiger partial charge on any atom is -0.306 e. The van der Waals surface area contributed by atoms with Crippen LogP contribution < -0.4 is 0 Å². The van der Waals surface area contributed by atoms with E-state index in [4.69, 9.17) is 11.6 Å². The number of nitriles is 1. The molecule has 13 aromatic rings. The summed E-state index contributed by atoms with van der Waals surface area (Å²) in [6.07, 6.45) is 0. The maximum atomic E-state index is 13.1. The Balaban J connectivity index is 1.35. The largest absolute Gasteiger partial charge is 0.306 e. The van der Waals surface area contributed by atoms with Crippen molar-refractivity contribution in [2.24, 2.45) is 0 Å². The van der Waals surface area contributed by atoms with Gasteiger partial charge in [-0.05, 0) is 189 Å². The summed E-state index contributed by atoms with van der Waals surface area (Å²) in [5.41, 5.74) is 21.8. The van der Waals surface area contributed by atoms with Crippen LogP contribution in [0.4, 0.5) is 0 Å². The van der Waals surface area contributed by atoms with Crippen molar-refractivity contribution in [3.8, 4) is 28.8 Å². The van der Waals surface area contributed by atoms with E-state index in [1.54, 1.807) is 0 Å². The lowest BCUT2D eigenvalue weighted by Crippen LogP contribution is -2.15. The molecule has 0 spiro atoms. The number of aromatic nitrogens is 4. The van der Waals surface area contributed by atoms with Gasteiger partial charge in [0.05, 0.1) is 71.9 Å². The fourth-order valence-corrected chi connectivity index (χ4v) is 14.0. The van der Waals surface area contributed by atoms with E-state index in [1.165, 1.54) is 44.5 Å². The van der Waals surface area contributed by atoms with Gasteiger partial charge in [-0.3, -0.25) is 0 Å². The summed E-state index contributed by atoms with van der Waals surface area (Å²) in [5.74, 6) is 2.41. The molecule has 0 amide bonds. The first-order valence-electron chi connectivity index (χ1n) is 31.3. The Kier molecular flexibility index (Phi) is 13.8. The first kappa shape index (κ1) is 56.1. The maximum Gasteiger partial charge on any atom is 0.105 e. The van der Waals surface area contributed by atoms with Crippen molar-refractivity contribution in [1.82, 2.24) is 18.3 Å². The van der Waals surface area contributed by atoms with E-state index in [0.717, 1.165) is 110 Å². The van der Waals surface area contributed by atoms with Gasteiger partial charge in [-0.15, -0.1) is 0 Å². The molecule has 0 N–H and O–H groups in total. The number of rotatable bonds is 12. The standard InChI is InChI=1S/C79H80ClN5/c1-42(2)50-17-25-67-58(33-50)59-34-51(43(3)4)18-26-68(59)82(67)76-66(41-81)77(83-69-27-19-52(44(5)6)35-60(69)61-36-53(45(7)8)20-28-70(61)83)79(85-73-31-23-56(48(13)14)39-64(73)65-40-57(49(15)16)24-32-74(65)85)75(80)78(76)84-71-29-21-54(46(9)10)37-62(71)63-38-55(47(11)12)22-30-72(63)84/h17-40,42-49H,1-16H3. The Morgan fingerprint density at radius 3 is 0.553 bits per heavy atom. The first-order chi connectivity index (χ1) is 40.7. The average molecular weight is 1130 g/mol. The van der Waals surface area contributed by atoms with Crippen LogP contribution in [0.3, 0.4) is 0 Å². The summed E-state index contributed by atoms with van der Waals surface area (Å²) in [6, 6.07) is 59.1. The Bertz CT molecular complexity index is 4370. The molecule has 5 nitrogen and oxygen atoms in total. The van der Waals surface area contributed by atoms with Gasteiger partial charge in [-0.2, -0.15) is 5.26 Å². The van der Waals surface area contributed by atoms with Crippen LogP contribution in [0.1, 0.15) is 208 Å². The minimum atomic E-state index is 0.299. The van der Waals surface area contributed by atoms with Gasteiger partial charge < -0.3 is 18.3 Å². The highest BCUT2D eigenvalue weighted by Crippen LogP contribution is 2.52. The van der Waals surface area contributed by atoms with Gasteiger partial charge in [0, 0.05) is 43.1 Å². The van der Waals surface area contributed by atoms with E-state index >= 15 is 0 Å². The second-order valence-electron chi connectivity index (χ2n) is 27.0. The molecule has 4 heterocycles. The smallest absolute Gasteiger partial charge is 0.105 e. The Labute approximate surface area is 507 Å². The lowest BCUT2D eigenvalue weighted by atomic mass is 9.98. The average Bonchev–Trinajstić information content (AvgIpc) is 1.63. The van der Waals surface area contributed by atoms with E-state index in [0.29, 0.717) is 57.9 Å². The molecule has 0 aliphatic rings. The number of fused-ring (bicyclic) bond motifs is 12. The summed E-state index contributed by atoms with van der Waals surface area (Å²) in [7, 11) is 0. The van der Waals surface area contributed by atoms with Gasteiger partial charge in [0.1, 0.15) is 11.6 Å². The van der Waals surface area contributed by atoms with Crippen molar-refractivity contribution in [3.63, 3.8) is 0 Å². The van der Waals surface area contributed by atoms with Gasteiger partial charge in [-0.1, -0.05) is 171 Å². The van der Waals surface area contributed by atoms with Crippen LogP contribution in [-0.4, -0.2) is 18.3 Å². The van der Waals surface area contributed by atoms with Crippen molar-refractivity contribution < 1.29 is 0 Å². The fraction of sp³-hybridized carbons (Fsp3) is 0.304. The maximum absolute atomic E-state index is 13.1. The van der Waals surface area contributed by atoms with E-state index in [-0.39, 0.29) is 0 Å². The SMILES string of the molecule is CC(C)c1ccc2c(c1)c1cc(C(C)C)ccc1n2-c1c(Cl)c(-n2c3ccc(C(C)C)cc3c3cc(C(C)C)ccc32)c(-n2c3ccc(C(C)C)cc3c3cc(C(C)C)ccc32)c(C#N)c1-n1c2ccc(C(C)C)cc2c2cc(C(C)C)ccc21. The van der Waals surface area contributed by atoms with Gasteiger partial charge in [0.2, 0.25) is 0 Å². The monoisotopic (exact) mass is 1130 g/mol. The van der Waals surface area contributed by atoms with Crippen LogP contribution in [0.5, 0.6) is 0 Å². The molecule has 0 atom stereocenters. The van der Waals surface area contributed by atoms with Gasteiger partial charge >= 0.3 is 0 Å². The quantitative estimate of drug-likeness (QED) is 0.120. The molecule has 4 aromatic heterocycles. The highest BCUT2D eigenvalue weighted by molar-refractivity contribution is 6.36. The Morgan fingerprint density at radius 1 is 0.259 bits per heavy atom. The second-order valence-corrected chi connectivity index (χ2v) is 27.4. The molecule has 0 saturated heterocycles. The van der Waals surface area contributed by atoms with Crippen molar-refractivity contribution in [2.45, 2.75) is 158 Å². The predicted octanol–water partition coefficient (Wildman–Crippen LogP) is 23.6. The molecule has 0 fully saturated rings. The molecule has 0 aliphatic heterocycles. The zero-order valence-electron chi connectivity index (χ0n) is 52.6. The molecule has 13 rings (SSSR count). The molecule has 0 bridgehead atoms. The van der Waals surface area contributed by atoms with Crippen LogP contribution in [-0.2, 0) is 0 Å². The van der Waals surface area contributed by atoms with Crippen LogP contribution in [0, 0.1) is 11.3 Å². The zero-order valence-corrected chi connectivity index (χ0v) is 53.3. The molecule has 0 aliphatic carbocycles. The molecule has 6 heteroatoms. The predicted molar refractivity (Wildman–Crippen MR) is 366 cm³/mol. The summed E-state index contributed by atoms with van der Waals surface area (Å²) in [5, 5.41) is 22.9. The number of nitrogens with zero attached hydrogens (tertiary/aromatic N) is 5. The van der Waals surface area contributed by atoms with Gasteiger partial charge in [-0.25, -0.2) is 0 Å². The molecule has 428 valence electrons. The third kappa shape index (κ3) is 8.75. The molecule has 0 radical (unpaired) electrons. The summed E-state index contributed by atoms with van der Waals surface area (Å²) < 4.78 is 9.66. The first-order valence-corrected chi connectivity index (χ1v) is 31.7. The van der Waals surface area contributed by atoms with Crippen LogP contribution in [0.2, 0.25) is 5.02 Å². The highest BCUT2D eigenvalue weighted by atomic mass is 35.5. The minimum absolute atomic E-state index is 0.299. The normalized spacial score (nSPS) is 12.7. The Hall–Kier alpha value is -8.04. The number of hydrogen-bond donors (Lipinski definition) is 0. The second kappa shape index (κ2) is 20.9. The third-order valence-electron chi connectivity index (χ3n) is 18.9. The molecular weight excluding hydrogens is 1050 g/mol. The van der Waals surface area contributed by atoms with E-state index < -0.39 is 0 Å². The lowest BCUT2D eigenvalue weighted by molar-refractivity contribution is 0.868. The fourth-order valence-electron chi connectivity index (χ4n) is 13.7. The van der Waals surface area contributed by atoms with Crippen molar-refractivity contribution >= 4 is 98.8 Å². The van der Waals surface area contributed by atoms with Crippen molar-refractivity contribution in [1.29, 1.82) is 5.26 Å². The zero-order chi connectivity index (χ0) is 59.9. The van der Waals surface area contributed by atoms with Crippen LogP contribution >= 0.6 is 11.6 Å². The molecule has 0 unspecified atom stereocenters. The molecule has 9 aromatic carbocycles. The van der Waals surface area contributed by atoms with E-state index in [2.05, 4.69) is 281 Å². The van der Waals surface area contributed by atoms with Crippen molar-refractivity contribution in [3.05, 3.63) is 201 Å². The third-order valence-corrected chi connectivity index (χ3v) is 19.3. The van der Waals surface area contributed by atoms with Gasteiger partial charge in [0.15, 0.2) is 0 Å². The van der Waals surface area contributed by atoms with Crippen LogP contribution in [0.25, 0.3) is 110 Å².